The molecule has 2 nitrogen and oxygen atoms in total. The van der Waals surface area contributed by atoms with Crippen LogP contribution in [-0.2, 0) is 4.74 Å². The van der Waals surface area contributed by atoms with Crippen LogP contribution in [0.15, 0.2) is 24.5 Å². The molecule has 1 saturated heterocycles. The van der Waals surface area contributed by atoms with E-state index < -0.39 is 32.3 Å². The average Bonchev–Trinajstić information content (AvgIpc) is 2.78. The Hall–Kier alpha value is -1.34. The molecule has 3 rings (SSSR count). The van der Waals surface area contributed by atoms with E-state index in [1.807, 2.05) is 0 Å². The summed E-state index contributed by atoms with van der Waals surface area (Å²) in [5.41, 5.74) is 0.611. The third-order valence-corrected chi connectivity index (χ3v) is 11.1. The Labute approximate surface area is 191 Å². The molecule has 2 fully saturated rings. The van der Waals surface area contributed by atoms with Crippen LogP contribution in [0, 0.1) is 23.5 Å². The van der Waals surface area contributed by atoms with Crippen molar-refractivity contribution in [2.75, 3.05) is 13.7 Å². The fraction of sp³-hybridized carbons (Fsp3) is 0.680. The molecule has 7 heteroatoms. The van der Waals surface area contributed by atoms with Gasteiger partial charge in [-0.1, -0.05) is 43.8 Å². The van der Waals surface area contributed by atoms with Gasteiger partial charge in [0.05, 0.1) is 0 Å². The molecule has 0 spiro atoms. The van der Waals surface area contributed by atoms with Gasteiger partial charge < -0.3 is 9.47 Å². The molecule has 1 saturated carbocycles. The summed E-state index contributed by atoms with van der Waals surface area (Å²) in [5.74, 6) is -0.946. The number of halogens is 4. The maximum atomic E-state index is 14.2. The molecule has 32 heavy (non-hydrogen) atoms. The molecular formula is C25H36F4O2Si. The first kappa shape index (κ1) is 25.3. The molecule has 1 heterocycles. The number of methoxy groups -OCH3 is 1. The minimum Gasteiger partial charge on any atom is -0.453 e. The molecule has 0 bridgehead atoms. The lowest BCUT2D eigenvalue weighted by molar-refractivity contribution is 0.192. The van der Waals surface area contributed by atoms with Crippen molar-refractivity contribution < 1.29 is 27.0 Å². The van der Waals surface area contributed by atoms with Crippen molar-refractivity contribution in [1.82, 2.24) is 0 Å². The smallest absolute Gasteiger partial charge is 0.305 e. The Kier molecular flexibility index (Phi) is 10.1. The van der Waals surface area contributed by atoms with E-state index in [0.717, 1.165) is 44.1 Å². The van der Waals surface area contributed by atoms with Gasteiger partial charge in [-0.25, -0.2) is 8.78 Å². The Morgan fingerprint density at radius 3 is 2.16 bits per heavy atom. The van der Waals surface area contributed by atoms with Crippen molar-refractivity contribution in [2.24, 2.45) is 11.8 Å². The third kappa shape index (κ3) is 7.34. The van der Waals surface area contributed by atoms with Gasteiger partial charge in [-0.05, 0) is 67.6 Å². The zero-order chi connectivity index (χ0) is 22.9. The molecule has 1 aromatic rings. The van der Waals surface area contributed by atoms with Crippen molar-refractivity contribution in [3.63, 3.8) is 0 Å². The summed E-state index contributed by atoms with van der Waals surface area (Å²) in [6.07, 6.45) is 8.59. The van der Waals surface area contributed by atoms with Crippen LogP contribution in [0.5, 0.6) is 5.75 Å². The maximum Gasteiger partial charge on any atom is 0.305 e. The van der Waals surface area contributed by atoms with Gasteiger partial charge in [0.15, 0.2) is 23.6 Å². The number of hydrogen-bond acceptors (Lipinski definition) is 2. The number of rotatable bonds is 10. The van der Waals surface area contributed by atoms with E-state index in [1.165, 1.54) is 62.4 Å². The van der Waals surface area contributed by atoms with Gasteiger partial charge in [-0.15, -0.1) is 0 Å². The van der Waals surface area contributed by atoms with Crippen LogP contribution in [0.3, 0.4) is 0 Å². The standard InChI is InChI=1S/C25H36F4O2Si/c1-30-11-3-2-4-12-32-13-9-20(10-14-32)18-5-7-19(8-6-18)21-15-22(26)25(23(27)16-21)31-17-24(28)29/h15-20,32H,2-14H2,1H3/t18-,19-,20-,32-. The molecule has 2 aliphatic rings. The van der Waals surface area contributed by atoms with Crippen LogP contribution in [0.1, 0.15) is 69.3 Å². The fourth-order valence-corrected chi connectivity index (χ4v) is 9.29. The third-order valence-electron chi connectivity index (χ3n) is 7.55. The van der Waals surface area contributed by atoms with Gasteiger partial charge >= 0.3 is 6.08 Å². The zero-order valence-corrected chi connectivity index (χ0v) is 20.2. The molecular weight excluding hydrogens is 436 g/mol. The van der Waals surface area contributed by atoms with Crippen LogP contribution in [0.4, 0.5) is 17.6 Å². The highest BCUT2D eigenvalue weighted by Gasteiger charge is 2.32. The average molecular weight is 473 g/mol. The van der Waals surface area contributed by atoms with E-state index in [9.17, 15) is 17.6 Å². The van der Waals surface area contributed by atoms with Gasteiger partial charge in [-0.3, -0.25) is 0 Å². The lowest BCUT2D eigenvalue weighted by Crippen LogP contribution is -2.28. The van der Waals surface area contributed by atoms with E-state index in [0.29, 0.717) is 5.56 Å². The predicted molar refractivity (Wildman–Crippen MR) is 122 cm³/mol. The van der Waals surface area contributed by atoms with Gasteiger partial charge in [0.25, 0.3) is 0 Å². The van der Waals surface area contributed by atoms with E-state index in [1.54, 1.807) is 7.11 Å². The van der Waals surface area contributed by atoms with E-state index >= 15 is 0 Å². The predicted octanol–water partition coefficient (Wildman–Crippen LogP) is 7.81. The molecule has 0 N–H and O–H groups in total. The number of ether oxygens (including phenoxy) is 2. The first-order valence-electron chi connectivity index (χ1n) is 12.1. The zero-order valence-electron chi connectivity index (χ0n) is 19.1. The summed E-state index contributed by atoms with van der Waals surface area (Å²) in [7, 11) is 1.22. The Bertz CT molecular complexity index is 714. The van der Waals surface area contributed by atoms with Gasteiger partial charge in [0.1, 0.15) is 0 Å². The highest BCUT2D eigenvalue weighted by Crippen LogP contribution is 2.44. The van der Waals surface area contributed by atoms with E-state index in [4.69, 9.17) is 4.74 Å². The summed E-state index contributed by atoms with van der Waals surface area (Å²) >= 11 is 0. The van der Waals surface area contributed by atoms with Crippen molar-refractivity contribution in [3.05, 3.63) is 41.7 Å². The summed E-state index contributed by atoms with van der Waals surface area (Å²) < 4.78 is 62.3. The largest absolute Gasteiger partial charge is 0.453 e. The highest BCUT2D eigenvalue weighted by atomic mass is 28.3. The topological polar surface area (TPSA) is 18.5 Å². The molecule has 1 aliphatic heterocycles. The van der Waals surface area contributed by atoms with Gasteiger partial charge in [0.2, 0.25) is 0 Å². The van der Waals surface area contributed by atoms with Crippen LogP contribution in [0.2, 0.25) is 18.1 Å². The number of unbranched alkanes of at least 4 members (excludes halogenated alkanes) is 2. The molecule has 0 amide bonds. The van der Waals surface area contributed by atoms with Crippen LogP contribution in [-0.4, -0.2) is 22.5 Å². The van der Waals surface area contributed by atoms with Gasteiger partial charge in [0, 0.05) is 22.5 Å². The van der Waals surface area contributed by atoms with Gasteiger partial charge in [-0.2, -0.15) is 8.78 Å². The lowest BCUT2D eigenvalue weighted by atomic mass is 9.72. The molecule has 0 radical (unpaired) electrons. The molecule has 1 aliphatic carbocycles. The second-order valence-electron chi connectivity index (χ2n) is 9.57. The number of hydrogen-bond donors (Lipinski definition) is 0. The normalized spacial score (nSPS) is 26.0. The summed E-state index contributed by atoms with van der Waals surface area (Å²) in [6, 6.07) is 6.92. The van der Waals surface area contributed by atoms with Crippen molar-refractivity contribution in [3.8, 4) is 5.75 Å². The Balaban J connectivity index is 1.43. The van der Waals surface area contributed by atoms with Crippen molar-refractivity contribution in [2.45, 2.75) is 81.8 Å². The minimum absolute atomic E-state index is 0.0609. The first-order chi connectivity index (χ1) is 15.5. The summed E-state index contributed by atoms with van der Waals surface area (Å²) in [4.78, 5) is 0. The molecule has 180 valence electrons. The fourth-order valence-electron chi connectivity index (χ4n) is 5.76. The van der Waals surface area contributed by atoms with Crippen LogP contribution in [0.25, 0.3) is 0 Å². The van der Waals surface area contributed by atoms with E-state index in [-0.39, 0.29) is 12.2 Å². The van der Waals surface area contributed by atoms with Crippen molar-refractivity contribution >= 4 is 8.80 Å². The minimum atomic E-state index is -2.13. The lowest BCUT2D eigenvalue weighted by Gasteiger charge is -2.37. The SMILES string of the molecule is COCCCCC[Si@H]1CC[C@H]([C@H]2CC[C@H](c3cc(F)c(OC=C(F)F)c(F)c3)CC2)CC1. The molecule has 1 aromatic carbocycles. The van der Waals surface area contributed by atoms with Crippen molar-refractivity contribution in [1.29, 1.82) is 0 Å². The second kappa shape index (κ2) is 12.8. The van der Waals surface area contributed by atoms with Crippen LogP contribution < -0.4 is 4.74 Å². The maximum absolute atomic E-state index is 14.2. The summed E-state index contributed by atoms with van der Waals surface area (Å²) in [5, 5.41) is 0. The monoisotopic (exact) mass is 472 g/mol. The Morgan fingerprint density at radius 1 is 0.938 bits per heavy atom. The van der Waals surface area contributed by atoms with Crippen LogP contribution >= 0.6 is 0 Å². The molecule has 0 atom stereocenters. The number of benzene rings is 1. The Morgan fingerprint density at radius 2 is 1.56 bits per heavy atom. The first-order valence-corrected chi connectivity index (χ1v) is 14.6. The second-order valence-corrected chi connectivity index (χ2v) is 13.0. The van der Waals surface area contributed by atoms with E-state index in [2.05, 4.69) is 4.74 Å². The summed E-state index contributed by atoms with van der Waals surface area (Å²) in [6.45, 7) is 0.880. The quantitative estimate of drug-likeness (QED) is 0.150. The molecule has 0 aromatic heterocycles. The molecule has 0 unspecified atom stereocenters. The highest BCUT2D eigenvalue weighted by molar-refractivity contribution is 6.58.